The number of carbonyl (C=O) groups excluding carboxylic acids is 1. The normalized spacial score (nSPS) is 11.4. The number of benzene rings is 2. The van der Waals surface area contributed by atoms with Gasteiger partial charge in [-0.1, -0.05) is 38.1 Å². The smallest absolute Gasteiger partial charge is 0.322 e. The van der Waals surface area contributed by atoms with E-state index in [1.165, 1.54) is 0 Å². The maximum absolute atomic E-state index is 13.0. The molecule has 2 aromatic carbocycles. The van der Waals surface area contributed by atoms with Crippen LogP contribution in [0.3, 0.4) is 0 Å². The number of rotatable bonds is 9. The molecule has 0 aromatic heterocycles. The van der Waals surface area contributed by atoms with Gasteiger partial charge in [0.1, 0.15) is 11.5 Å². The molecule has 0 aliphatic carbocycles. The second-order valence-corrected chi connectivity index (χ2v) is 9.77. The van der Waals surface area contributed by atoms with Crippen LogP contribution in [0.15, 0.2) is 48.5 Å². The lowest BCUT2D eigenvalue weighted by molar-refractivity contribution is 0.201. The van der Waals surface area contributed by atoms with E-state index in [-0.39, 0.29) is 17.7 Å². The van der Waals surface area contributed by atoms with E-state index in [1.54, 1.807) is 56.2 Å². The number of methoxy groups -OCH3 is 1. The Morgan fingerprint density at radius 2 is 1.77 bits per heavy atom. The topological polar surface area (TPSA) is 84.9 Å². The van der Waals surface area contributed by atoms with Gasteiger partial charge in [0, 0.05) is 13.1 Å². The standard InChI is InChI=1S/C22H30N2O5S/c1-16(2)14-24(22(25)23-20-11-6-7-12-21(20)28-5)15-18-9-8-10-19(13-18)29-30(26,27)17(3)4/h6-13,16-17H,14-15H2,1-5H3,(H,23,25). The molecule has 8 heteroatoms. The van der Waals surface area contributed by atoms with Crippen molar-refractivity contribution in [1.29, 1.82) is 0 Å². The van der Waals surface area contributed by atoms with Crippen molar-refractivity contribution in [3.05, 3.63) is 54.1 Å². The Kier molecular flexibility index (Phi) is 8.11. The molecule has 0 aliphatic heterocycles. The quantitative estimate of drug-likeness (QED) is 0.587. The number of para-hydroxylation sites is 2. The van der Waals surface area contributed by atoms with Crippen LogP contribution in [0, 0.1) is 5.92 Å². The molecule has 0 atom stereocenters. The van der Waals surface area contributed by atoms with E-state index in [2.05, 4.69) is 5.32 Å². The van der Waals surface area contributed by atoms with Crippen molar-refractivity contribution < 1.29 is 22.1 Å². The van der Waals surface area contributed by atoms with Crippen LogP contribution in [0.25, 0.3) is 0 Å². The number of anilines is 1. The van der Waals surface area contributed by atoms with Gasteiger partial charge in [0.2, 0.25) is 0 Å². The Bertz CT molecular complexity index is 958. The van der Waals surface area contributed by atoms with Crippen LogP contribution in [0.4, 0.5) is 10.5 Å². The Labute approximate surface area is 179 Å². The van der Waals surface area contributed by atoms with Crippen molar-refractivity contribution in [3.8, 4) is 11.5 Å². The molecule has 2 aromatic rings. The van der Waals surface area contributed by atoms with E-state index in [4.69, 9.17) is 8.92 Å². The summed E-state index contributed by atoms with van der Waals surface area (Å²) in [6.07, 6.45) is 0. The average Bonchev–Trinajstić information content (AvgIpc) is 2.67. The third-order valence-corrected chi connectivity index (χ3v) is 5.86. The minimum Gasteiger partial charge on any atom is -0.495 e. The van der Waals surface area contributed by atoms with Gasteiger partial charge in [0.15, 0.2) is 0 Å². The first-order valence-corrected chi connectivity index (χ1v) is 11.3. The fourth-order valence-corrected chi connectivity index (χ4v) is 3.31. The van der Waals surface area contributed by atoms with Gasteiger partial charge in [-0.15, -0.1) is 0 Å². The number of carbonyl (C=O) groups is 1. The summed E-state index contributed by atoms with van der Waals surface area (Å²) in [7, 11) is -2.14. The van der Waals surface area contributed by atoms with Crippen LogP contribution in [-0.2, 0) is 16.7 Å². The van der Waals surface area contributed by atoms with Gasteiger partial charge in [-0.3, -0.25) is 0 Å². The molecular weight excluding hydrogens is 404 g/mol. The number of amides is 2. The highest BCUT2D eigenvalue weighted by Gasteiger charge is 2.20. The third-order valence-electron chi connectivity index (χ3n) is 4.28. The van der Waals surface area contributed by atoms with Gasteiger partial charge in [0.25, 0.3) is 0 Å². The van der Waals surface area contributed by atoms with E-state index in [1.807, 2.05) is 32.0 Å². The largest absolute Gasteiger partial charge is 0.495 e. The molecule has 0 bridgehead atoms. The third kappa shape index (κ3) is 6.66. The first-order chi connectivity index (χ1) is 14.1. The molecule has 0 spiro atoms. The summed E-state index contributed by atoms with van der Waals surface area (Å²) in [5, 5.41) is 2.24. The van der Waals surface area contributed by atoms with E-state index < -0.39 is 15.4 Å². The van der Waals surface area contributed by atoms with E-state index in [0.29, 0.717) is 24.5 Å². The molecule has 0 radical (unpaired) electrons. The van der Waals surface area contributed by atoms with E-state index in [0.717, 1.165) is 5.56 Å². The highest BCUT2D eigenvalue weighted by Crippen LogP contribution is 2.24. The molecule has 0 unspecified atom stereocenters. The zero-order valence-corrected chi connectivity index (χ0v) is 18.9. The Balaban J connectivity index is 2.20. The number of urea groups is 1. The Morgan fingerprint density at radius 3 is 2.40 bits per heavy atom. The summed E-state index contributed by atoms with van der Waals surface area (Å²) in [4.78, 5) is 14.6. The van der Waals surface area contributed by atoms with E-state index >= 15 is 0 Å². The highest BCUT2D eigenvalue weighted by atomic mass is 32.2. The second-order valence-electron chi connectivity index (χ2n) is 7.68. The number of nitrogens with one attached hydrogen (secondary N) is 1. The molecule has 0 heterocycles. The first kappa shape index (κ1) is 23.5. The van der Waals surface area contributed by atoms with Crippen molar-refractivity contribution in [2.45, 2.75) is 39.5 Å². The van der Waals surface area contributed by atoms with Crippen molar-refractivity contribution in [3.63, 3.8) is 0 Å². The number of nitrogens with zero attached hydrogens (tertiary/aromatic N) is 1. The molecule has 2 amide bonds. The summed E-state index contributed by atoms with van der Waals surface area (Å²) in [6.45, 7) is 8.00. The SMILES string of the molecule is COc1ccccc1NC(=O)N(Cc1cccc(OS(=O)(=O)C(C)C)c1)CC(C)C. The van der Waals surface area contributed by atoms with Crippen molar-refractivity contribution >= 4 is 21.8 Å². The van der Waals surface area contributed by atoms with Gasteiger partial charge >= 0.3 is 16.1 Å². The van der Waals surface area contributed by atoms with Crippen molar-refractivity contribution in [1.82, 2.24) is 4.90 Å². The summed E-state index contributed by atoms with van der Waals surface area (Å²) >= 11 is 0. The van der Waals surface area contributed by atoms with Gasteiger partial charge < -0.3 is 19.1 Å². The molecule has 7 nitrogen and oxygen atoms in total. The minimum atomic E-state index is -3.69. The van der Waals surface area contributed by atoms with E-state index in [9.17, 15) is 13.2 Å². The molecule has 0 aliphatic rings. The lowest BCUT2D eigenvalue weighted by Gasteiger charge is -2.25. The minimum absolute atomic E-state index is 0.232. The van der Waals surface area contributed by atoms with Gasteiger partial charge in [-0.25, -0.2) is 4.79 Å². The van der Waals surface area contributed by atoms with Crippen LogP contribution < -0.4 is 14.2 Å². The number of hydrogen-bond acceptors (Lipinski definition) is 5. The second kappa shape index (κ2) is 10.3. The lowest BCUT2D eigenvalue weighted by atomic mass is 10.1. The van der Waals surface area contributed by atoms with Crippen LogP contribution >= 0.6 is 0 Å². The maximum Gasteiger partial charge on any atom is 0.322 e. The number of ether oxygens (including phenoxy) is 1. The maximum atomic E-state index is 13.0. The highest BCUT2D eigenvalue weighted by molar-refractivity contribution is 7.87. The van der Waals surface area contributed by atoms with Crippen molar-refractivity contribution in [2.24, 2.45) is 5.92 Å². The lowest BCUT2D eigenvalue weighted by Crippen LogP contribution is -2.37. The Hall–Kier alpha value is -2.74. The summed E-state index contributed by atoms with van der Waals surface area (Å²) < 4.78 is 34.6. The average molecular weight is 435 g/mol. The predicted molar refractivity (Wildman–Crippen MR) is 118 cm³/mol. The fraction of sp³-hybridized carbons (Fsp3) is 0.409. The van der Waals surface area contributed by atoms with Gasteiger partial charge in [-0.05, 0) is 49.6 Å². The molecular formula is C22H30N2O5S. The zero-order chi connectivity index (χ0) is 22.3. The molecule has 2 rings (SSSR count). The summed E-state index contributed by atoms with van der Waals surface area (Å²) in [5.74, 6) is 1.05. The van der Waals surface area contributed by atoms with Crippen molar-refractivity contribution in [2.75, 3.05) is 19.0 Å². The summed E-state index contributed by atoms with van der Waals surface area (Å²) in [6, 6.07) is 13.7. The molecule has 30 heavy (non-hydrogen) atoms. The monoisotopic (exact) mass is 434 g/mol. The predicted octanol–water partition coefficient (Wildman–Crippen LogP) is 4.50. The van der Waals surface area contributed by atoms with Crippen LogP contribution in [0.5, 0.6) is 11.5 Å². The number of hydrogen-bond donors (Lipinski definition) is 1. The molecule has 0 fully saturated rings. The molecule has 0 saturated heterocycles. The molecule has 1 N–H and O–H groups in total. The van der Waals surface area contributed by atoms with Crippen LogP contribution in [0.1, 0.15) is 33.3 Å². The molecule has 164 valence electrons. The fourth-order valence-electron chi connectivity index (χ4n) is 2.75. The zero-order valence-electron chi connectivity index (χ0n) is 18.1. The van der Waals surface area contributed by atoms with Gasteiger partial charge in [-0.2, -0.15) is 8.42 Å². The van der Waals surface area contributed by atoms with Crippen LogP contribution in [0.2, 0.25) is 0 Å². The summed E-state index contributed by atoms with van der Waals surface area (Å²) in [5.41, 5.74) is 1.35. The van der Waals surface area contributed by atoms with Crippen LogP contribution in [-0.4, -0.2) is 38.3 Å². The van der Waals surface area contributed by atoms with Gasteiger partial charge in [0.05, 0.1) is 18.0 Å². The molecule has 0 saturated carbocycles. The Morgan fingerprint density at radius 1 is 1.07 bits per heavy atom. The first-order valence-electron chi connectivity index (χ1n) is 9.83.